The van der Waals surface area contributed by atoms with Crippen LogP contribution in [0.5, 0.6) is 5.75 Å². The number of benzene rings is 3. The van der Waals surface area contributed by atoms with Gasteiger partial charge in [-0.05, 0) is 53.2 Å². The maximum atomic E-state index is 14.2. The van der Waals surface area contributed by atoms with E-state index in [1.807, 2.05) is 36.4 Å². The number of carbonyl (C=O) groups is 2. The molecule has 3 aromatic rings. The van der Waals surface area contributed by atoms with E-state index in [4.69, 9.17) is 16.3 Å². The van der Waals surface area contributed by atoms with Crippen molar-refractivity contribution in [2.45, 2.75) is 26.3 Å². The lowest BCUT2D eigenvalue weighted by Gasteiger charge is -2.14. The second kappa shape index (κ2) is 9.76. The van der Waals surface area contributed by atoms with Gasteiger partial charge in [-0.15, -0.1) is 0 Å². The quantitative estimate of drug-likeness (QED) is 0.275. The second-order valence-corrected chi connectivity index (χ2v) is 8.83. The van der Waals surface area contributed by atoms with Crippen LogP contribution in [-0.4, -0.2) is 22.7 Å². The molecular formula is C25H21ClFNO3S. The molecule has 2 amide bonds. The molecule has 1 aliphatic heterocycles. The molecule has 0 unspecified atom stereocenters. The summed E-state index contributed by atoms with van der Waals surface area (Å²) in [4.78, 5) is 26.9. The molecule has 0 N–H and O–H groups in total. The van der Waals surface area contributed by atoms with E-state index in [1.54, 1.807) is 6.08 Å². The summed E-state index contributed by atoms with van der Waals surface area (Å²) < 4.78 is 20.2. The molecule has 4 rings (SSSR count). The first-order valence-electron chi connectivity index (χ1n) is 10.3. The van der Waals surface area contributed by atoms with E-state index in [-0.39, 0.29) is 22.0 Å². The van der Waals surface area contributed by atoms with Gasteiger partial charge in [0.2, 0.25) is 0 Å². The molecule has 1 heterocycles. The van der Waals surface area contributed by atoms with E-state index in [0.29, 0.717) is 12.4 Å². The Morgan fingerprint density at radius 3 is 2.72 bits per heavy atom. The normalized spacial score (nSPS) is 15.2. The van der Waals surface area contributed by atoms with E-state index >= 15 is 0 Å². The number of unbranched alkanes of at least 4 members (excludes halogenated alkanes) is 1. The first-order chi connectivity index (χ1) is 15.5. The standard InChI is InChI=1S/C25H21ClFNO3S/c1-2-3-12-31-22-11-9-16-6-4-5-7-19(16)20(22)14-23-24(29)28(25(30)32-23)15-17-8-10-18(26)13-21(17)27/h4-11,13-14H,2-3,12,15H2,1H3/b23-14+. The maximum Gasteiger partial charge on any atom is 0.293 e. The molecule has 32 heavy (non-hydrogen) atoms. The number of hydrogen-bond acceptors (Lipinski definition) is 4. The number of fused-ring (bicyclic) bond motifs is 1. The van der Waals surface area contributed by atoms with Crippen LogP contribution in [0.3, 0.4) is 0 Å². The molecule has 164 valence electrons. The first kappa shape index (κ1) is 22.4. The van der Waals surface area contributed by atoms with Gasteiger partial charge >= 0.3 is 0 Å². The van der Waals surface area contributed by atoms with Crippen molar-refractivity contribution in [1.82, 2.24) is 4.90 Å². The minimum atomic E-state index is -0.554. The zero-order valence-corrected chi connectivity index (χ0v) is 19.0. The molecule has 0 bridgehead atoms. The Labute approximate surface area is 195 Å². The third-order valence-electron chi connectivity index (χ3n) is 5.18. The highest BCUT2D eigenvalue weighted by Crippen LogP contribution is 2.37. The summed E-state index contributed by atoms with van der Waals surface area (Å²) in [7, 11) is 0. The molecule has 0 radical (unpaired) electrons. The lowest BCUT2D eigenvalue weighted by molar-refractivity contribution is -0.123. The zero-order valence-electron chi connectivity index (χ0n) is 17.4. The van der Waals surface area contributed by atoms with Crippen LogP contribution >= 0.6 is 23.4 Å². The highest BCUT2D eigenvalue weighted by Gasteiger charge is 2.35. The van der Waals surface area contributed by atoms with Crippen LogP contribution in [0.2, 0.25) is 5.02 Å². The Balaban J connectivity index is 1.68. The van der Waals surface area contributed by atoms with Gasteiger partial charge in [-0.1, -0.05) is 61.3 Å². The van der Waals surface area contributed by atoms with Crippen molar-refractivity contribution < 1.29 is 18.7 Å². The molecule has 0 aromatic heterocycles. The van der Waals surface area contributed by atoms with Crippen LogP contribution in [0.25, 0.3) is 16.8 Å². The molecule has 0 saturated carbocycles. The number of amides is 2. The van der Waals surface area contributed by atoms with Crippen LogP contribution in [-0.2, 0) is 11.3 Å². The number of halogens is 2. The second-order valence-electron chi connectivity index (χ2n) is 7.40. The minimum absolute atomic E-state index is 0.152. The lowest BCUT2D eigenvalue weighted by Crippen LogP contribution is -2.27. The summed E-state index contributed by atoms with van der Waals surface area (Å²) in [6.07, 6.45) is 3.62. The summed E-state index contributed by atoms with van der Waals surface area (Å²) >= 11 is 6.64. The van der Waals surface area contributed by atoms with Gasteiger partial charge in [0.15, 0.2) is 0 Å². The average molecular weight is 470 g/mol. The fraction of sp³-hybridized carbons (Fsp3) is 0.200. The molecule has 1 aliphatic rings. The third-order valence-corrected chi connectivity index (χ3v) is 6.32. The van der Waals surface area contributed by atoms with Crippen molar-refractivity contribution in [3.05, 3.63) is 81.5 Å². The number of carbonyl (C=O) groups excluding carboxylic acids is 2. The van der Waals surface area contributed by atoms with E-state index < -0.39 is 17.0 Å². The Kier molecular flexibility index (Phi) is 6.82. The molecule has 1 saturated heterocycles. The largest absolute Gasteiger partial charge is 0.493 e. The molecule has 4 nitrogen and oxygen atoms in total. The topological polar surface area (TPSA) is 46.6 Å². The van der Waals surface area contributed by atoms with Crippen molar-refractivity contribution in [2.24, 2.45) is 0 Å². The SMILES string of the molecule is CCCCOc1ccc2ccccc2c1/C=C1/SC(=O)N(Cc2ccc(Cl)cc2F)C1=O. The van der Waals surface area contributed by atoms with E-state index in [1.165, 1.54) is 18.2 Å². The molecular weight excluding hydrogens is 449 g/mol. The number of ether oxygens (including phenoxy) is 1. The van der Waals surface area contributed by atoms with Crippen molar-refractivity contribution in [3.63, 3.8) is 0 Å². The monoisotopic (exact) mass is 469 g/mol. The molecule has 0 atom stereocenters. The number of thioether (sulfide) groups is 1. The Morgan fingerprint density at radius 2 is 1.94 bits per heavy atom. The summed E-state index contributed by atoms with van der Waals surface area (Å²) in [6, 6.07) is 15.9. The number of rotatable bonds is 7. The lowest BCUT2D eigenvalue weighted by atomic mass is 10.0. The minimum Gasteiger partial charge on any atom is -0.493 e. The van der Waals surface area contributed by atoms with Gasteiger partial charge in [0.05, 0.1) is 18.1 Å². The summed E-state index contributed by atoms with van der Waals surface area (Å²) in [5, 5.41) is 1.75. The fourth-order valence-electron chi connectivity index (χ4n) is 3.46. The Morgan fingerprint density at radius 1 is 1.12 bits per heavy atom. The average Bonchev–Trinajstić information content (AvgIpc) is 3.04. The van der Waals surface area contributed by atoms with Crippen LogP contribution in [0.4, 0.5) is 9.18 Å². The molecule has 0 spiro atoms. The summed E-state index contributed by atoms with van der Waals surface area (Å²) in [6.45, 7) is 2.50. The Hall–Kier alpha value is -2.83. The highest BCUT2D eigenvalue weighted by atomic mass is 35.5. The zero-order chi connectivity index (χ0) is 22.7. The van der Waals surface area contributed by atoms with Gasteiger partial charge in [0.25, 0.3) is 11.1 Å². The molecule has 7 heteroatoms. The molecule has 3 aromatic carbocycles. The van der Waals surface area contributed by atoms with Crippen molar-refractivity contribution >= 4 is 51.4 Å². The number of nitrogens with zero attached hydrogens (tertiary/aromatic N) is 1. The van der Waals surface area contributed by atoms with Crippen molar-refractivity contribution in [3.8, 4) is 5.75 Å². The van der Waals surface area contributed by atoms with E-state index in [0.717, 1.165) is 45.8 Å². The van der Waals surface area contributed by atoms with E-state index in [2.05, 4.69) is 6.92 Å². The summed E-state index contributed by atoms with van der Waals surface area (Å²) in [5.41, 5.74) is 0.981. The van der Waals surface area contributed by atoms with Gasteiger partial charge in [-0.2, -0.15) is 0 Å². The highest BCUT2D eigenvalue weighted by molar-refractivity contribution is 8.18. The Bertz CT molecular complexity index is 1230. The van der Waals surface area contributed by atoms with Crippen LogP contribution in [0, 0.1) is 5.82 Å². The van der Waals surface area contributed by atoms with E-state index in [9.17, 15) is 14.0 Å². The van der Waals surface area contributed by atoms with Crippen LogP contribution in [0.15, 0.2) is 59.5 Å². The predicted octanol–water partition coefficient (Wildman–Crippen LogP) is 7.05. The summed E-state index contributed by atoms with van der Waals surface area (Å²) in [5.74, 6) is -0.351. The van der Waals surface area contributed by atoms with Gasteiger partial charge < -0.3 is 4.74 Å². The number of imide groups is 1. The van der Waals surface area contributed by atoms with Crippen molar-refractivity contribution in [2.75, 3.05) is 6.61 Å². The van der Waals surface area contributed by atoms with Crippen LogP contribution < -0.4 is 4.74 Å². The van der Waals surface area contributed by atoms with Gasteiger partial charge in [-0.25, -0.2) is 4.39 Å². The number of hydrogen-bond donors (Lipinski definition) is 0. The van der Waals surface area contributed by atoms with Crippen molar-refractivity contribution in [1.29, 1.82) is 0 Å². The fourth-order valence-corrected chi connectivity index (χ4v) is 4.44. The van der Waals surface area contributed by atoms with Gasteiger partial charge in [-0.3, -0.25) is 14.5 Å². The van der Waals surface area contributed by atoms with Crippen LogP contribution in [0.1, 0.15) is 30.9 Å². The van der Waals surface area contributed by atoms with Gasteiger partial charge in [0.1, 0.15) is 11.6 Å². The predicted molar refractivity (Wildman–Crippen MR) is 127 cm³/mol. The molecule has 1 fully saturated rings. The maximum absolute atomic E-state index is 14.2. The first-order valence-corrected chi connectivity index (χ1v) is 11.5. The third kappa shape index (κ3) is 4.66. The molecule has 0 aliphatic carbocycles. The smallest absolute Gasteiger partial charge is 0.293 e. The van der Waals surface area contributed by atoms with Gasteiger partial charge in [0, 0.05) is 16.1 Å².